The highest BCUT2D eigenvalue weighted by atomic mass is 32.2. The summed E-state index contributed by atoms with van der Waals surface area (Å²) in [7, 11) is -2.38. The van der Waals surface area contributed by atoms with E-state index in [1.165, 1.54) is 4.90 Å². The predicted molar refractivity (Wildman–Crippen MR) is 124 cm³/mol. The van der Waals surface area contributed by atoms with Gasteiger partial charge in [-0.1, -0.05) is 0 Å². The Balaban J connectivity index is 1.55. The molecule has 9 nitrogen and oxygen atoms in total. The number of Topliss-reactive ketones (excluding diaryl/α,β-unsaturated/α-hetero) is 1. The first-order valence-electron chi connectivity index (χ1n) is 12.1. The Hall–Kier alpha value is -1.70. The highest BCUT2D eigenvalue weighted by Crippen LogP contribution is 2.57. The molecule has 4 saturated carbocycles. The second-order valence-electron chi connectivity index (χ2n) is 11.6. The number of sulfonamides is 1. The van der Waals surface area contributed by atoms with Gasteiger partial charge in [-0.2, -0.15) is 5.26 Å². The van der Waals surface area contributed by atoms with Crippen LogP contribution >= 0.6 is 0 Å². The summed E-state index contributed by atoms with van der Waals surface area (Å²) < 4.78 is 29.6. The SMILES string of the molecule is CN(C(=O)NS(=O)(=O)[C@H]1C2CC3CC(C2)CC1(NCC(=O)C1CCNC1C#N)C3)C(C)(C)C. The van der Waals surface area contributed by atoms with Crippen LogP contribution in [0.25, 0.3) is 0 Å². The lowest BCUT2D eigenvalue weighted by atomic mass is 9.52. The summed E-state index contributed by atoms with van der Waals surface area (Å²) in [5.74, 6) is 0.458. The molecule has 1 saturated heterocycles. The van der Waals surface area contributed by atoms with Gasteiger partial charge < -0.3 is 15.5 Å². The average molecular weight is 480 g/mol. The Kier molecular flexibility index (Phi) is 6.30. The number of carbonyl (C=O) groups excluding carboxylic acids is 2. The standard InChI is InChI=1S/C23H37N5O4S/c1-22(2,3)28(4)21(30)27-33(31,32)20-16-8-14-7-15(9-16)11-23(20,10-14)26-13-19(29)17-5-6-25-18(17)12-24/h14-18,20,25-26H,5-11,13H2,1-4H3,(H,27,30)/t14?,15?,16?,17?,18?,20-,23?/m0/s1. The zero-order chi connectivity index (χ0) is 24.2. The number of nitrogens with one attached hydrogen (secondary N) is 3. The van der Waals surface area contributed by atoms with E-state index < -0.39 is 38.4 Å². The van der Waals surface area contributed by atoms with E-state index in [4.69, 9.17) is 0 Å². The molecule has 0 radical (unpaired) electrons. The summed E-state index contributed by atoms with van der Waals surface area (Å²) in [5.41, 5.74) is -1.23. The molecular weight excluding hydrogens is 442 g/mol. The monoisotopic (exact) mass is 479 g/mol. The van der Waals surface area contributed by atoms with Gasteiger partial charge in [0, 0.05) is 24.0 Å². The first-order valence-corrected chi connectivity index (χ1v) is 13.6. The van der Waals surface area contributed by atoms with Gasteiger partial charge in [-0.25, -0.2) is 17.9 Å². The zero-order valence-corrected chi connectivity index (χ0v) is 20.9. The van der Waals surface area contributed by atoms with E-state index in [9.17, 15) is 23.3 Å². The summed E-state index contributed by atoms with van der Waals surface area (Å²) in [6.07, 6.45) is 4.84. The van der Waals surface area contributed by atoms with E-state index in [1.807, 2.05) is 20.8 Å². The maximum Gasteiger partial charge on any atom is 0.331 e. The predicted octanol–water partition coefficient (Wildman–Crippen LogP) is 1.36. The van der Waals surface area contributed by atoms with Gasteiger partial charge in [0.25, 0.3) is 0 Å². The van der Waals surface area contributed by atoms with Crippen LogP contribution in [0.5, 0.6) is 0 Å². The summed E-state index contributed by atoms with van der Waals surface area (Å²) >= 11 is 0. The summed E-state index contributed by atoms with van der Waals surface area (Å²) in [4.78, 5) is 27.1. The topological polar surface area (TPSA) is 131 Å². The van der Waals surface area contributed by atoms with Gasteiger partial charge in [-0.05, 0) is 83.6 Å². The summed E-state index contributed by atoms with van der Waals surface area (Å²) in [6, 6.07) is 1.05. The number of urea groups is 1. The number of hydrogen-bond donors (Lipinski definition) is 3. The highest BCUT2D eigenvalue weighted by Gasteiger charge is 2.61. The van der Waals surface area contributed by atoms with Crippen molar-refractivity contribution in [2.45, 2.75) is 81.7 Å². The summed E-state index contributed by atoms with van der Waals surface area (Å²) in [5, 5.41) is 15.0. The van der Waals surface area contributed by atoms with Gasteiger partial charge in [0.05, 0.1) is 12.6 Å². The molecule has 5 aliphatic rings. The third-order valence-corrected chi connectivity index (χ3v) is 10.4. The van der Waals surface area contributed by atoms with Crippen LogP contribution in [-0.2, 0) is 14.8 Å². The number of rotatable bonds is 6. The fourth-order valence-electron chi connectivity index (χ4n) is 6.93. The van der Waals surface area contributed by atoms with Crippen molar-refractivity contribution < 1.29 is 18.0 Å². The molecule has 33 heavy (non-hydrogen) atoms. The third kappa shape index (κ3) is 4.52. The lowest BCUT2D eigenvalue weighted by Crippen LogP contribution is -2.71. The first kappa shape index (κ1) is 24.4. The van der Waals surface area contributed by atoms with Crippen LogP contribution in [0.3, 0.4) is 0 Å². The highest BCUT2D eigenvalue weighted by molar-refractivity contribution is 7.90. The van der Waals surface area contributed by atoms with Crippen LogP contribution in [0.2, 0.25) is 0 Å². The van der Waals surface area contributed by atoms with Crippen molar-refractivity contribution in [3.8, 4) is 6.07 Å². The van der Waals surface area contributed by atoms with Crippen molar-refractivity contribution in [3.63, 3.8) is 0 Å². The minimum absolute atomic E-state index is 0.0240. The molecular formula is C23H37N5O4S. The van der Waals surface area contributed by atoms with E-state index in [0.717, 1.165) is 19.3 Å². The Morgan fingerprint density at radius 3 is 2.39 bits per heavy atom. The van der Waals surface area contributed by atoms with E-state index in [1.54, 1.807) is 7.05 Å². The molecule has 2 amide bonds. The summed E-state index contributed by atoms with van der Waals surface area (Å²) in [6.45, 7) is 6.24. The Labute approximate surface area is 197 Å². The Morgan fingerprint density at radius 1 is 1.18 bits per heavy atom. The molecule has 0 spiro atoms. The van der Waals surface area contributed by atoms with Crippen LogP contribution in [-0.4, -0.2) is 67.6 Å². The number of amides is 2. The molecule has 5 atom stereocenters. The van der Waals surface area contributed by atoms with Crippen LogP contribution in [0, 0.1) is 35.0 Å². The van der Waals surface area contributed by atoms with Gasteiger partial charge >= 0.3 is 6.03 Å². The average Bonchev–Trinajstić information content (AvgIpc) is 3.18. The van der Waals surface area contributed by atoms with E-state index in [0.29, 0.717) is 37.6 Å². The van der Waals surface area contributed by atoms with Crippen molar-refractivity contribution in [3.05, 3.63) is 0 Å². The minimum atomic E-state index is -3.97. The normalized spacial score (nSPS) is 37.5. The number of nitrogens with zero attached hydrogens (tertiary/aromatic N) is 2. The molecule has 4 bridgehead atoms. The van der Waals surface area contributed by atoms with Crippen molar-refractivity contribution in [2.24, 2.45) is 23.7 Å². The second-order valence-corrected chi connectivity index (χ2v) is 13.4. The van der Waals surface area contributed by atoms with Gasteiger partial charge in [0.15, 0.2) is 5.78 Å². The van der Waals surface area contributed by atoms with Crippen molar-refractivity contribution in [2.75, 3.05) is 20.1 Å². The third-order valence-electron chi connectivity index (χ3n) is 8.48. The first-order chi connectivity index (χ1) is 15.4. The van der Waals surface area contributed by atoms with E-state index in [2.05, 4.69) is 21.4 Å². The number of nitriles is 1. The molecule has 10 heteroatoms. The molecule has 5 fully saturated rings. The Morgan fingerprint density at radius 2 is 1.82 bits per heavy atom. The van der Waals surface area contributed by atoms with Gasteiger partial charge in [-0.3, -0.25) is 4.79 Å². The van der Waals surface area contributed by atoms with E-state index >= 15 is 0 Å². The Bertz CT molecular complexity index is 939. The molecule has 4 aliphatic carbocycles. The molecule has 4 unspecified atom stereocenters. The quantitative estimate of drug-likeness (QED) is 0.524. The minimum Gasteiger partial charge on any atom is -0.322 e. The maximum atomic E-state index is 13.6. The lowest BCUT2D eigenvalue weighted by molar-refractivity contribution is -0.123. The number of hydrogen-bond acceptors (Lipinski definition) is 7. The number of carbonyl (C=O) groups is 2. The van der Waals surface area contributed by atoms with Crippen LogP contribution in [0.1, 0.15) is 59.3 Å². The van der Waals surface area contributed by atoms with Crippen LogP contribution in [0.15, 0.2) is 0 Å². The van der Waals surface area contributed by atoms with Gasteiger partial charge in [0.2, 0.25) is 10.0 Å². The second kappa shape index (κ2) is 8.51. The zero-order valence-electron chi connectivity index (χ0n) is 20.1. The molecule has 0 aromatic rings. The molecule has 1 aliphatic heterocycles. The van der Waals surface area contributed by atoms with Crippen molar-refractivity contribution >= 4 is 21.8 Å². The van der Waals surface area contributed by atoms with Gasteiger partial charge in [-0.15, -0.1) is 0 Å². The molecule has 0 aromatic heterocycles. The van der Waals surface area contributed by atoms with Crippen LogP contribution < -0.4 is 15.4 Å². The number of ketones is 1. The van der Waals surface area contributed by atoms with Gasteiger partial charge in [0.1, 0.15) is 11.3 Å². The van der Waals surface area contributed by atoms with Crippen molar-refractivity contribution in [1.29, 1.82) is 5.26 Å². The van der Waals surface area contributed by atoms with E-state index in [-0.39, 0.29) is 24.2 Å². The largest absolute Gasteiger partial charge is 0.331 e. The molecule has 0 aromatic carbocycles. The maximum absolute atomic E-state index is 13.6. The molecule has 3 N–H and O–H groups in total. The van der Waals surface area contributed by atoms with Crippen LogP contribution in [0.4, 0.5) is 4.79 Å². The molecule has 184 valence electrons. The smallest absolute Gasteiger partial charge is 0.322 e. The fraction of sp³-hybridized carbons (Fsp3) is 0.870. The molecule has 5 rings (SSSR count). The lowest BCUT2D eigenvalue weighted by Gasteiger charge is -2.60. The molecule has 1 heterocycles. The fourth-order valence-corrected chi connectivity index (χ4v) is 9.03. The van der Waals surface area contributed by atoms with Crippen molar-refractivity contribution in [1.82, 2.24) is 20.3 Å².